The van der Waals surface area contributed by atoms with E-state index in [1.54, 1.807) is 4.31 Å². The maximum atomic E-state index is 12.6. The number of aryl methyl sites for hydroxylation is 1. The maximum Gasteiger partial charge on any atom is 0.244 e. The highest BCUT2D eigenvalue weighted by Crippen LogP contribution is 2.23. The van der Waals surface area contributed by atoms with Gasteiger partial charge in [-0.3, -0.25) is 5.10 Å². The third-order valence-electron chi connectivity index (χ3n) is 4.54. The zero-order valence-corrected chi connectivity index (χ0v) is 14.5. The molecule has 2 fully saturated rings. The molecular formula is C14H25N5O3S. The zero-order chi connectivity index (χ0) is 16.4. The lowest BCUT2D eigenvalue weighted by Gasteiger charge is -2.35. The number of H-pyrrole nitrogens is 1. The third kappa shape index (κ3) is 4.02. The van der Waals surface area contributed by atoms with Crippen LogP contribution in [0.3, 0.4) is 0 Å². The van der Waals surface area contributed by atoms with Gasteiger partial charge in [0.05, 0.1) is 11.9 Å². The lowest BCUT2D eigenvalue weighted by molar-refractivity contribution is 0.00732. The van der Waals surface area contributed by atoms with Gasteiger partial charge >= 0.3 is 0 Å². The second kappa shape index (κ2) is 6.74. The smallest absolute Gasteiger partial charge is 0.244 e. The molecule has 0 spiro atoms. The van der Waals surface area contributed by atoms with Crippen LogP contribution in [-0.4, -0.2) is 72.5 Å². The molecule has 3 heterocycles. The second-order valence-corrected chi connectivity index (χ2v) is 8.47. The Morgan fingerprint density at radius 2 is 2.04 bits per heavy atom. The van der Waals surface area contributed by atoms with Gasteiger partial charge in [0, 0.05) is 32.8 Å². The highest BCUT2D eigenvalue weighted by Gasteiger charge is 2.32. The lowest BCUT2D eigenvalue weighted by atomic mass is 9.98. The van der Waals surface area contributed by atoms with Crippen molar-refractivity contribution in [2.24, 2.45) is 5.92 Å². The van der Waals surface area contributed by atoms with E-state index in [9.17, 15) is 8.42 Å². The van der Waals surface area contributed by atoms with Crippen LogP contribution in [-0.2, 0) is 14.8 Å². The van der Waals surface area contributed by atoms with Crippen molar-refractivity contribution < 1.29 is 13.2 Å². The quantitative estimate of drug-likeness (QED) is 0.850. The van der Waals surface area contributed by atoms with E-state index in [4.69, 9.17) is 4.74 Å². The average Bonchev–Trinajstić information content (AvgIpc) is 2.93. The van der Waals surface area contributed by atoms with Crippen LogP contribution in [0.1, 0.15) is 25.6 Å². The molecule has 2 aliphatic rings. The van der Waals surface area contributed by atoms with Gasteiger partial charge < -0.3 is 9.64 Å². The van der Waals surface area contributed by atoms with E-state index < -0.39 is 10.0 Å². The number of nitrogens with one attached hydrogen (secondary N) is 1. The second-order valence-electron chi connectivity index (χ2n) is 6.46. The van der Waals surface area contributed by atoms with Crippen LogP contribution in [0.2, 0.25) is 0 Å². The van der Waals surface area contributed by atoms with Crippen molar-refractivity contribution in [3.05, 3.63) is 5.82 Å². The molecule has 0 aliphatic carbocycles. The molecule has 0 aromatic carbocycles. The predicted octanol–water partition coefficient (Wildman–Crippen LogP) is 0.380. The van der Waals surface area contributed by atoms with Crippen LogP contribution < -0.4 is 4.90 Å². The first-order chi connectivity index (χ1) is 10.9. The first-order valence-corrected chi connectivity index (χ1v) is 9.78. The molecule has 1 aromatic rings. The number of ether oxygens (including phenoxy) is 1. The average molecular weight is 343 g/mol. The lowest BCUT2D eigenvalue weighted by Crippen LogP contribution is -2.50. The van der Waals surface area contributed by atoms with Gasteiger partial charge in [-0.2, -0.15) is 9.29 Å². The van der Waals surface area contributed by atoms with E-state index in [1.165, 1.54) is 0 Å². The molecule has 3 rings (SSSR count). The van der Waals surface area contributed by atoms with Crippen molar-refractivity contribution in [1.29, 1.82) is 0 Å². The van der Waals surface area contributed by atoms with Gasteiger partial charge in [-0.25, -0.2) is 8.42 Å². The fraction of sp³-hybridized carbons (Fsp3) is 0.857. The number of anilines is 1. The SMILES string of the molecule is Cc1nc(N2CCN(S(=O)(=O)CC3CCOC(C)C3)CC2)n[nH]1. The molecule has 2 unspecified atom stereocenters. The fourth-order valence-corrected chi connectivity index (χ4v) is 5.11. The van der Waals surface area contributed by atoms with Crippen LogP contribution in [0, 0.1) is 12.8 Å². The van der Waals surface area contributed by atoms with Crippen molar-refractivity contribution in [2.75, 3.05) is 43.4 Å². The Balaban J connectivity index is 1.55. The number of hydrogen-bond acceptors (Lipinski definition) is 6. The Morgan fingerprint density at radius 1 is 1.30 bits per heavy atom. The molecule has 2 aliphatic heterocycles. The monoisotopic (exact) mass is 343 g/mol. The van der Waals surface area contributed by atoms with Gasteiger partial charge in [0.2, 0.25) is 16.0 Å². The summed E-state index contributed by atoms with van der Waals surface area (Å²) in [5, 5.41) is 6.96. The van der Waals surface area contributed by atoms with E-state index in [0.29, 0.717) is 38.7 Å². The van der Waals surface area contributed by atoms with E-state index in [1.807, 2.05) is 18.7 Å². The Bertz CT molecular complexity index is 624. The van der Waals surface area contributed by atoms with E-state index >= 15 is 0 Å². The highest BCUT2D eigenvalue weighted by atomic mass is 32.2. The van der Waals surface area contributed by atoms with Gasteiger partial charge in [-0.15, -0.1) is 5.10 Å². The number of hydrogen-bond donors (Lipinski definition) is 1. The molecule has 1 N–H and O–H groups in total. The molecule has 1 aromatic heterocycles. The minimum absolute atomic E-state index is 0.162. The minimum Gasteiger partial charge on any atom is -0.378 e. The summed E-state index contributed by atoms with van der Waals surface area (Å²) in [4.78, 5) is 6.32. The van der Waals surface area contributed by atoms with Gasteiger partial charge in [0.25, 0.3) is 0 Å². The summed E-state index contributed by atoms with van der Waals surface area (Å²) in [6.07, 6.45) is 1.82. The van der Waals surface area contributed by atoms with Crippen molar-refractivity contribution in [2.45, 2.75) is 32.8 Å². The predicted molar refractivity (Wildman–Crippen MR) is 86.8 cm³/mol. The Labute approximate surface area is 137 Å². The van der Waals surface area contributed by atoms with Crippen molar-refractivity contribution in [1.82, 2.24) is 19.5 Å². The maximum absolute atomic E-state index is 12.6. The largest absolute Gasteiger partial charge is 0.378 e. The van der Waals surface area contributed by atoms with Crippen LogP contribution in [0.15, 0.2) is 0 Å². The van der Waals surface area contributed by atoms with Gasteiger partial charge in [0.15, 0.2) is 0 Å². The first-order valence-electron chi connectivity index (χ1n) is 8.17. The van der Waals surface area contributed by atoms with E-state index in [-0.39, 0.29) is 17.8 Å². The minimum atomic E-state index is -3.20. The fourth-order valence-electron chi connectivity index (χ4n) is 3.28. The van der Waals surface area contributed by atoms with Crippen molar-refractivity contribution >= 4 is 16.0 Å². The molecule has 2 saturated heterocycles. The number of sulfonamides is 1. The van der Waals surface area contributed by atoms with Crippen LogP contribution >= 0.6 is 0 Å². The zero-order valence-electron chi connectivity index (χ0n) is 13.7. The topological polar surface area (TPSA) is 91.4 Å². The van der Waals surface area contributed by atoms with Gasteiger partial charge in [-0.05, 0) is 32.6 Å². The molecule has 2 atom stereocenters. The molecule has 8 nitrogen and oxygen atoms in total. The summed E-state index contributed by atoms with van der Waals surface area (Å²) in [5.41, 5.74) is 0. The standard InChI is InChI=1S/C14H25N5O3S/c1-11-9-13(3-8-22-11)10-23(20,21)19-6-4-18(5-7-19)14-15-12(2)16-17-14/h11,13H,3-10H2,1-2H3,(H,15,16,17). The van der Waals surface area contributed by atoms with E-state index in [2.05, 4.69) is 15.2 Å². The van der Waals surface area contributed by atoms with Crippen LogP contribution in [0.4, 0.5) is 5.95 Å². The molecule has 0 saturated carbocycles. The number of nitrogens with zero attached hydrogens (tertiary/aromatic N) is 4. The molecule has 9 heteroatoms. The molecular weight excluding hydrogens is 318 g/mol. The van der Waals surface area contributed by atoms with Crippen LogP contribution in [0.25, 0.3) is 0 Å². The van der Waals surface area contributed by atoms with Crippen molar-refractivity contribution in [3.63, 3.8) is 0 Å². The number of aromatic amines is 1. The molecule has 0 bridgehead atoms. The van der Waals surface area contributed by atoms with Gasteiger partial charge in [-0.1, -0.05) is 0 Å². The third-order valence-corrected chi connectivity index (χ3v) is 6.58. The summed E-state index contributed by atoms with van der Waals surface area (Å²) in [6, 6.07) is 0. The summed E-state index contributed by atoms with van der Waals surface area (Å²) in [5.74, 6) is 1.86. The summed E-state index contributed by atoms with van der Waals surface area (Å²) in [6.45, 7) is 6.77. The van der Waals surface area contributed by atoms with Crippen molar-refractivity contribution in [3.8, 4) is 0 Å². The summed E-state index contributed by atoms with van der Waals surface area (Å²) < 4.78 is 32.4. The van der Waals surface area contributed by atoms with Gasteiger partial charge in [0.1, 0.15) is 5.82 Å². The highest BCUT2D eigenvalue weighted by molar-refractivity contribution is 7.89. The summed E-state index contributed by atoms with van der Waals surface area (Å²) >= 11 is 0. The number of rotatable bonds is 4. The normalized spacial score (nSPS) is 27.3. The number of piperazine rings is 1. The molecule has 0 radical (unpaired) electrons. The van der Waals surface area contributed by atoms with Crippen LogP contribution in [0.5, 0.6) is 0 Å². The Morgan fingerprint density at radius 3 is 2.65 bits per heavy atom. The first kappa shape index (κ1) is 16.7. The Hall–Kier alpha value is -1.19. The molecule has 130 valence electrons. The number of aromatic nitrogens is 3. The Kier molecular flexibility index (Phi) is 4.88. The summed E-state index contributed by atoms with van der Waals surface area (Å²) in [7, 11) is -3.20. The molecule has 0 amide bonds. The van der Waals surface area contributed by atoms with E-state index in [0.717, 1.165) is 18.7 Å². The molecule has 23 heavy (non-hydrogen) atoms.